The molecule has 2 aliphatic rings. The number of rotatable bonds is 10. The van der Waals surface area contributed by atoms with Crippen molar-refractivity contribution in [1.82, 2.24) is 10.2 Å². The first-order valence-corrected chi connectivity index (χ1v) is 11.2. The number of carbonyl (C=O) groups excluding carboxylic acids is 3. The van der Waals surface area contributed by atoms with Crippen LogP contribution in [-0.4, -0.2) is 67.7 Å². The monoisotopic (exact) mass is 432 g/mol. The first-order chi connectivity index (χ1) is 15.1. The van der Waals surface area contributed by atoms with Crippen LogP contribution in [0.25, 0.3) is 0 Å². The largest absolute Gasteiger partial charge is 0.491 e. The van der Waals surface area contributed by atoms with E-state index >= 15 is 0 Å². The SMILES string of the molecule is CCCCCOC(=O)CC1C(=O)NCCN1C(=O)c1ccc(OCC2CCCO2)cc1. The second-order valence-electron chi connectivity index (χ2n) is 7.91. The zero-order valence-electron chi connectivity index (χ0n) is 18.1. The average molecular weight is 433 g/mol. The highest BCUT2D eigenvalue weighted by Crippen LogP contribution is 2.19. The van der Waals surface area contributed by atoms with Crippen LogP contribution in [0, 0.1) is 0 Å². The van der Waals surface area contributed by atoms with Crippen LogP contribution < -0.4 is 10.1 Å². The van der Waals surface area contributed by atoms with E-state index in [0.29, 0.717) is 37.6 Å². The summed E-state index contributed by atoms with van der Waals surface area (Å²) in [4.78, 5) is 39.1. The Morgan fingerprint density at radius 1 is 1.23 bits per heavy atom. The number of esters is 1. The lowest BCUT2D eigenvalue weighted by molar-refractivity contribution is -0.147. The summed E-state index contributed by atoms with van der Waals surface area (Å²) in [6, 6.07) is 5.97. The van der Waals surface area contributed by atoms with E-state index in [1.165, 1.54) is 4.90 Å². The maximum absolute atomic E-state index is 13.0. The van der Waals surface area contributed by atoms with E-state index in [-0.39, 0.29) is 24.3 Å². The van der Waals surface area contributed by atoms with Crippen molar-refractivity contribution in [3.8, 4) is 5.75 Å². The van der Waals surface area contributed by atoms with Gasteiger partial charge in [0.2, 0.25) is 5.91 Å². The molecule has 2 unspecified atom stereocenters. The van der Waals surface area contributed by atoms with Crippen LogP contribution in [-0.2, 0) is 19.1 Å². The number of benzene rings is 1. The first kappa shape index (κ1) is 23.1. The summed E-state index contributed by atoms with van der Waals surface area (Å²) in [5.41, 5.74) is 0.445. The van der Waals surface area contributed by atoms with E-state index in [4.69, 9.17) is 14.2 Å². The summed E-state index contributed by atoms with van der Waals surface area (Å²) in [5, 5.41) is 2.73. The minimum atomic E-state index is -0.865. The van der Waals surface area contributed by atoms with Crippen LogP contribution in [0.4, 0.5) is 0 Å². The lowest BCUT2D eigenvalue weighted by Crippen LogP contribution is -2.57. The lowest BCUT2D eigenvalue weighted by atomic mass is 10.1. The second-order valence-corrected chi connectivity index (χ2v) is 7.91. The van der Waals surface area contributed by atoms with E-state index in [9.17, 15) is 14.4 Å². The number of unbranched alkanes of at least 4 members (excludes halogenated alkanes) is 2. The number of nitrogens with zero attached hydrogens (tertiary/aromatic N) is 1. The topological polar surface area (TPSA) is 94.2 Å². The number of ether oxygens (including phenoxy) is 3. The number of nitrogens with one attached hydrogen (secondary N) is 1. The van der Waals surface area contributed by atoms with Gasteiger partial charge >= 0.3 is 5.97 Å². The van der Waals surface area contributed by atoms with Crippen LogP contribution in [0.5, 0.6) is 5.75 Å². The summed E-state index contributed by atoms with van der Waals surface area (Å²) in [6.45, 7) is 4.37. The van der Waals surface area contributed by atoms with E-state index in [2.05, 4.69) is 12.2 Å². The molecular weight excluding hydrogens is 400 g/mol. The van der Waals surface area contributed by atoms with Gasteiger partial charge in [-0.05, 0) is 43.5 Å². The molecule has 0 aromatic heterocycles. The molecule has 1 N–H and O–H groups in total. The van der Waals surface area contributed by atoms with Gasteiger partial charge in [0.1, 0.15) is 18.4 Å². The van der Waals surface area contributed by atoms with Crippen molar-refractivity contribution in [2.75, 3.05) is 32.9 Å². The number of hydrogen-bond donors (Lipinski definition) is 1. The second kappa shape index (κ2) is 11.7. The third kappa shape index (κ3) is 6.69. The summed E-state index contributed by atoms with van der Waals surface area (Å²) in [5.74, 6) is -0.421. The highest BCUT2D eigenvalue weighted by atomic mass is 16.5. The molecule has 0 saturated carbocycles. The average Bonchev–Trinajstić information content (AvgIpc) is 3.30. The maximum Gasteiger partial charge on any atom is 0.308 e. The van der Waals surface area contributed by atoms with Gasteiger partial charge in [0, 0.05) is 25.3 Å². The maximum atomic E-state index is 13.0. The molecule has 1 aromatic rings. The van der Waals surface area contributed by atoms with Gasteiger partial charge in [-0.2, -0.15) is 0 Å². The molecule has 2 aliphatic heterocycles. The van der Waals surface area contributed by atoms with Crippen molar-refractivity contribution < 1.29 is 28.6 Å². The molecule has 0 aliphatic carbocycles. The van der Waals surface area contributed by atoms with Crippen molar-refractivity contribution >= 4 is 17.8 Å². The zero-order valence-corrected chi connectivity index (χ0v) is 18.1. The smallest absolute Gasteiger partial charge is 0.308 e. The predicted molar refractivity (Wildman–Crippen MR) is 114 cm³/mol. The number of carbonyl (C=O) groups is 3. The fourth-order valence-corrected chi connectivity index (χ4v) is 3.74. The first-order valence-electron chi connectivity index (χ1n) is 11.2. The zero-order chi connectivity index (χ0) is 22.1. The standard InChI is InChI=1S/C23H32N2O6/c1-2-3-4-13-30-21(26)15-20-22(27)24-11-12-25(20)23(28)17-7-9-18(10-8-17)31-16-19-6-5-14-29-19/h7-10,19-20H,2-6,11-16H2,1H3,(H,24,27). The molecule has 8 heteroatoms. The van der Waals surface area contributed by atoms with Crippen LogP contribution in [0.2, 0.25) is 0 Å². The van der Waals surface area contributed by atoms with Crippen molar-refractivity contribution in [1.29, 1.82) is 0 Å². The minimum Gasteiger partial charge on any atom is -0.491 e. The molecule has 2 amide bonds. The molecule has 3 rings (SSSR count). The molecule has 1 aromatic carbocycles. The van der Waals surface area contributed by atoms with Crippen molar-refractivity contribution in [3.63, 3.8) is 0 Å². The summed E-state index contributed by atoms with van der Waals surface area (Å²) >= 11 is 0. The molecule has 2 atom stereocenters. The van der Waals surface area contributed by atoms with Crippen molar-refractivity contribution in [2.24, 2.45) is 0 Å². The minimum absolute atomic E-state index is 0.121. The Balaban J connectivity index is 1.57. The third-order valence-corrected chi connectivity index (χ3v) is 5.52. The molecule has 2 fully saturated rings. The van der Waals surface area contributed by atoms with Gasteiger partial charge in [-0.1, -0.05) is 19.8 Å². The molecule has 31 heavy (non-hydrogen) atoms. The Morgan fingerprint density at radius 3 is 2.74 bits per heavy atom. The van der Waals surface area contributed by atoms with E-state index in [1.54, 1.807) is 24.3 Å². The fraction of sp³-hybridized carbons (Fsp3) is 0.609. The normalized spacial score (nSPS) is 20.9. The number of piperazine rings is 1. The Bertz CT molecular complexity index is 745. The van der Waals surface area contributed by atoms with E-state index in [1.807, 2.05) is 0 Å². The Hall–Kier alpha value is -2.61. The Morgan fingerprint density at radius 2 is 2.03 bits per heavy atom. The van der Waals surface area contributed by atoms with Gasteiger partial charge in [0.25, 0.3) is 5.91 Å². The summed E-state index contributed by atoms with van der Waals surface area (Å²) < 4.78 is 16.5. The summed E-state index contributed by atoms with van der Waals surface area (Å²) in [6.07, 6.45) is 4.83. The molecule has 170 valence electrons. The highest BCUT2D eigenvalue weighted by Gasteiger charge is 2.35. The number of amides is 2. The Kier molecular flexibility index (Phi) is 8.70. The van der Waals surface area contributed by atoms with Crippen molar-refractivity contribution in [2.45, 2.75) is 57.6 Å². The van der Waals surface area contributed by atoms with Crippen LogP contribution >= 0.6 is 0 Å². The van der Waals surface area contributed by atoms with Gasteiger partial charge in [-0.15, -0.1) is 0 Å². The van der Waals surface area contributed by atoms with Gasteiger partial charge < -0.3 is 24.4 Å². The number of hydrogen-bond acceptors (Lipinski definition) is 6. The van der Waals surface area contributed by atoms with E-state index < -0.39 is 12.0 Å². The molecule has 2 saturated heterocycles. The molecule has 0 spiro atoms. The van der Waals surface area contributed by atoms with Gasteiger partial charge in [-0.3, -0.25) is 14.4 Å². The Labute approximate surface area is 183 Å². The van der Waals surface area contributed by atoms with E-state index in [0.717, 1.165) is 38.7 Å². The third-order valence-electron chi connectivity index (χ3n) is 5.52. The van der Waals surface area contributed by atoms with Crippen molar-refractivity contribution in [3.05, 3.63) is 29.8 Å². The van der Waals surface area contributed by atoms with Crippen LogP contribution in [0.15, 0.2) is 24.3 Å². The van der Waals surface area contributed by atoms with Gasteiger partial charge in [0.05, 0.1) is 19.1 Å². The quantitative estimate of drug-likeness (QED) is 0.450. The predicted octanol–water partition coefficient (Wildman–Crippen LogP) is 2.31. The fourth-order valence-electron chi connectivity index (χ4n) is 3.74. The lowest BCUT2D eigenvalue weighted by Gasteiger charge is -2.34. The molecular formula is C23H32N2O6. The highest BCUT2D eigenvalue weighted by molar-refractivity contribution is 5.99. The molecule has 8 nitrogen and oxygen atoms in total. The van der Waals surface area contributed by atoms with Gasteiger partial charge in [-0.25, -0.2) is 0 Å². The molecule has 0 bridgehead atoms. The molecule has 2 heterocycles. The molecule has 0 radical (unpaired) electrons. The summed E-state index contributed by atoms with van der Waals surface area (Å²) in [7, 11) is 0. The van der Waals surface area contributed by atoms with Crippen LogP contribution in [0.1, 0.15) is 55.8 Å². The van der Waals surface area contributed by atoms with Gasteiger partial charge in [0.15, 0.2) is 0 Å². The van der Waals surface area contributed by atoms with Crippen LogP contribution in [0.3, 0.4) is 0 Å².